The van der Waals surface area contributed by atoms with Crippen LogP contribution < -0.4 is 5.32 Å². The van der Waals surface area contributed by atoms with Gasteiger partial charge in [-0.1, -0.05) is 6.92 Å². The van der Waals surface area contributed by atoms with Gasteiger partial charge in [-0.15, -0.1) is 0 Å². The van der Waals surface area contributed by atoms with E-state index in [1.807, 2.05) is 24.0 Å². The van der Waals surface area contributed by atoms with Crippen LogP contribution in [-0.2, 0) is 6.42 Å². The second-order valence-corrected chi connectivity index (χ2v) is 5.60. The molecule has 2 aliphatic rings. The number of hydrogen-bond donors (Lipinski definition) is 1. The van der Waals surface area contributed by atoms with E-state index in [-0.39, 0.29) is 5.91 Å². The van der Waals surface area contributed by atoms with Gasteiger partial charge in [0, 0.05) is 25.0 Å². The zero-order chi connectivity index (χ0) is 13.2. The Bertz CT molecular complexity index is 445. The molecule has 1 atom stereocenters. The Morgan fingerprint density at radius 1 is 1.42 bits per heavy atom. The fraction of sp³-hybridized carbons (Fsp3) is 0.667. The Balaban J connectivity index is 1.69. The third kappa shape index (κ3) is 2.84. The van der Waals surface area contributed by atoms with E-state index in [9.17, 15) is 4.79 Å². The highest BCUT2D eigenvalue weighted by molar-refractivity contribution is 5.92. The molecule has 1 saturated carbocycles. The molecule has 3 rings (SSSR count). The summed E-state index contributed by atoms with van der Waals surface area (Å²) in [5.41, 5.74) is 0. The number of hydrogen-bond acceptors (Lipinski definition) is 3. The average Bonchev–Trinajstić information content (AvgIpc) is 2.95. The number of aryl methyl sites for hydroxylation is 1. The first kappa shape index (κ1) is 12.7. The number of carbonyl (C=O) groups is 1. The van der Waals surface area contributed by atoms with Crippen molar-refractivity contribution in [2.24, 2.45) is 0 Å². The second-order valence-electron chi connectivity index (χ2n) is 5.60. The highest BCUT2D eigenvalue weighted by Gasteiger charge is 2.36. The van der Waals surface area contributed by atoms with Gasteiger partial charge in [-0.2, -0.15) is 0 Å². The zero-order valence-electron chi connectivity index (χ0n) is 11.5. The molecule has 4 heteroatoms. The molecule has 1 aromatic heterocycles. The fourth-order valence-electron chi connectivity index (χ4n) is 2.76. The van der Waals surface area contributed by atoms with Crippen molar-refractivity contribution in [1.29, 1.82) is 0 Å². The first-order chi connectivity index (χ1) is 9.28. The van der Waals surface area contributed by atoms with E-state index >= 15 is 0 Å². The molecular formula is C15H22N2O2. The molecule has 2 fully saturated rings. The van der Waals surface area contributed by atoms with E-state index in [0.717, 1.165) is 38.1 Å². The third-order valence-electron chi connectivity index (χ3n) is 4.05. The zero-order valence-corrected chi connectivity index (χ0v) is 11.5. The average molecular weight is 262 g/mol. The first-order valence-corrected chi connectivity index (χ1v) is 7.41. The standard InChI is InChI=1S/C15H22N2O2/c1-2-13-7-8-14(19-13)15(18)17(12-5-6-12)10-11-4-3-9-16-11/h7-8,11-12,16H,2-6,9-10H2,1H3. The molecule has 0 aromatic carbocycles. The summed E-state index contributed by atoms with van der Waals surface area (Å²) < 4.78 is 5.61. The van der Waals surface area contributed by atoms with Crippen LogP contribution in [0.5, 0.6) is 0 Å². The van der Waals surface area contributed by atoms with Gasteiger partial charge in [0.2, 0.25) is 0 Å². The SMILES string of the molecule is CCc1ccc(C(=O)N(CC2CCCN2)C2CC2)o1. The topological polar surface area (TPSA) is 45.5 Å². The van der Waals surface area contributed by atoms with Crippen LogP contribution in [0.15, 0.2) is 16.5 Å². The van der Waals surface area contributed by atoms with E-state index in [1.54, 1.807) is 0 Å². The molecule has 1 aromatic rings. The van der Waals surface area contributed by atoms with E-state index in [4.69, 9.17) is 4.42 Å². The Hall–Kier alpha value is -1.29. The predicted octanol–water partition coefficient (Wildman–Crippen LogP) is 2.20. The van der Waals surface area contributed by atoms with Gasteiger partial charge in [0.25, 0.3) is 5.91 Å². The molecule has 1 aliphatic heterocycles. The van der Waals surface area contributed by atoms with E-state index < -0.39 is 0 Å². The maximum absolute atomic E-state index is 12.5. The molecule has 0 spiro atoms. The van der Waals surface area contributed by atoms with E-state index in [1.165, 1.54) is 12.8 Å². The van der Waals surface area contributed by atoms with Crippen molar-refractivity contribution < 1.29 is 9.21 Å². The number of carbonyl (C=O) groups excluding carboxylic acids is 1. The summed E-state index contributed by atoms with van der Waals surface area (Å²) in [4.78, 5) is 14.6. The minimum atomic E-state index is 0.0656. The van der Waals surface area contributed by atoms with Crippen LogP contribution in [-0.4, -0.2) is 36.0 Å². The molecular weight excluding hydrogens is 240 g/mol. The summed E-state index contributed by atoms with van der Waals surface area (Å²) in [6.07, 6.45) is 5.51. The molecule has 0 radical (unpaired) electrons. The molecule has 1 aliphatic carbocycles. The largest absolute Gasteiger partial charge is 0.456 e. The molecule has 1 amide bonds. The quantitative estimate of drug-likeness (QED) is 0.885. The Morgan fingerprint density at radius 3 is 2.84 bits per heavy atom. The van der Waals surface area contributed by atoms with Gasteiger partial charge in [-0.05, 0) is 44.4 Å². The summed E-state index contributed by atoms with van der Waals surface area (Å²) in [5, 5.41) is 3.47. The van der Waals surface area contributed by atoms with Crippen molar-refractivity contribution in [3.05, 3.63) is 23.7 Å². The van der Waals surface area contributed by atoms with Gasteiger partial charge in [-0.3, -0.25) is 4.79 Å². The Labute approximate surface area is 114 Å². The van der Waals surface area contributed by atoms with Gasteiger partial charge < -0.3 is 14.6 Å². The van der Waals surface area contributed by atoms with Crippen molar-refractivity contribution in [2.75, 3.05) is 13.1 Å². The van der Waals surface area contributed by atoms with Crippen LogP contribution in [0.4, 0.5) is 0 Å². The summed E-state index contributed by atoms with van der Waals surface area (Å²) in [6, 6.07) is 4.63. The molecule has 1 saturated heterocycles. The summed E-state index contributed by atoms with van der Waals surface area (Å²) in [6.45, 7) is 3.94. The first-order valence-electron chi connectivity index (χ1n) is 7.41. The molecule has 1 unspecified atom stereocenters. The number of rotatable bonds is 5. The minimum Gasteiger partial charge on any atom is -0.456 e. The predicted molar refractivity (Wildman–Crippen MR) is 73.2 cm³/mol. The van der Waals surface area contributed by atoms with E-state index in [2.05, 4.69) is 5.32 Å². The number of amides is 1. The number of nitrogens with zero attached hydrogens (tertiary/aromatic N) is 1. The highest BCUT2D eigenvalue weighted by Crippen LogP contribution is 2.29. The smallest absolute Gasteiger partial charge is 0.289 e. The molecule has 1 N–H and O–H groups in total. The second kappa shape index (κ2) is 5.37. The van der Waals surface area contributed by atoms with Gasteiger partial charge in [0.05, 0.1) is 0 Å². The third-order valence-corrected chi connectivity index (χ3v) is 4.05. The Morgan fingerprint density at radius 2 is 2.26 bits per heavy atom. The van der Waals surface area contributed by atoms with E-state index in [0.29, 0.717) is 17.8 Å². The molecule has 4 nitrogen and oxygen atoms in total. The van der Waals surface area contributed by atoms with Crippen molar-refractivity contribution in [3.63, 3.8) is 0 Å². The lowest BCUT2D eigenvalue weighted by atomic mass is 10.2. The summed E-state index contributed by atoms with van der Waals surface area (Å²) in [5.74, 6) is 1.45. The summed E-state index contributed by atoms with van der Waals surface area (Å²) in [7, 11) is 0. The van der Waals surface area contributed by atoms with Crippen LogP contribution in [0, 0.1) is 0 Å². The van der Waals surface area contributed by atoms with Gasteiger partial charge in [0.1, 0.15) is 5.76 Å². The van der Waals surface area contributed by atoms with Gasteiger partial charge in [0.15, 0.2) is 5.76 Å². The van der Waals surface area contributed by atoms with Gasteiger partial charge in [-0.25, -0.2) is 0 Å². The summed E-state index contributed by atoms with van der Waals surface area (Å²) >= 11 is 0. The Kier molecular flexibility index (Phi) is 3.60. The monoisotopic (exact) mass is 262 g/mol. The molecule has 19 heavy (non-hydrogen) atoms. The number of furan rings is 1. The van der Waals surface area contributed by atoms with Crippen LogP contribution >= 0.6 is 0 Å². The maximum Gasteiger partial charge on any atom is 0.289 e. The van der Waals surface area contributed by atoms with Gasteiger partial charge >= 0.3 is 0 Å². The lowest BCUT2D eigenvalue weighted by molar-refractivity contribution is 0.0694. The van der Waals surface area contributed by atoms with Crippen molar-refractivity contribution in [3.8, 4) is 0 Å². The van der Waals surface area contributed by atoms with Crippen molar-refractivity contribution in [1.82, 2.24) is 10.2 Å². The molecule has 104 valence electrons. The molecule has 2 heterocycles. The minimum absolute atomic E-state index is 0.0656. The lowest BCUT2D eigenvalue weighted by Crippen LogP contribution is -2.42. The molecule has 0 bridgehead atoms. The van der Waals surface area contributed by atoms with Crippen LogP contribution in [0.3, 0.4) is 0 Å². The van der Waals surface area contributed by atoms with Crippen LogP contribution in [0.1, 0.15) is 48.9 Å². The lowest BCUT2D eigenvalue weighted by Gasteiger charge is -2.25. The van der Waals surface area contributed by atoms with Crippen LogP contribution in [0.25, 0.3) is 0 Å². The fourth-order valence-corrected chi connectivity index (χ4v) is 2.76. The highest BCUT2D eigenvalue weighted by atomic mass is 16.4. The van der Waals surface area contributed by atoms with Crippen molar-refractivity contribution in [2.45, 2.75) is 51.1 Å². The number of nitrogens with one attached hydrogen (secondary N) is 1. The maximum atomic E-state index is 12.5. The van der Waals surface area contributed by atoms with Crippen molar-refractivity contribution >= 4 is 5.91 Å². The van der Waals surface area contributed by atoms with Crippen LogP contribution in [0.2, 0.25) is 0 Å². The normalized spacial score (nSPS) is 22.7.